The zero-order valence-electron chi connectivity index (χ0n) is 19.5. The number of piperazine rings is 1. The molecule has 0 bridgehead atoms. The molecule has 1 saturated carbocycles. The summed E-state index contributed by atoms with van der Waals surface area (Å²) < 4.78 is 92.6. The molecule has 14 heteroatoms. The van der Waals surface area contributed by atoms with Crippen molar-refractivity contribution >= 4 is 33.3 Å². The highest BCUT2D eigenvalue weighted by atomic mass is 35.5. The van der Waals surface area contributed by atoms with Crippen molar-refractivity contribution in [1.29, 1.82) is 0 Å². The van der Waals surface area contributed by atoms with Crippen LogP contribution >= 0.6 is 11.6 Å². The van der Waals surface area contributed by atoms with Gasteiger partial charge in [-0.2, -0.15) is 17.5 Å². The van der Waals surface area contributed by atoms with E-state index in [2.05, 4.69) is 5.32 Å². The maximum Gasteiger partial charge on any atom is 0.416 e. The Morgan fingerprint density at radius 2 is 1.64 bits per heavy atom. The smallest absolute Gasteiger partial charge is 0.350 e. The molecular formula is C22H27ClF5N3O4S. The van der Waals surface area contributed by atoms with Crippen molar-refractivity contribution < 1.29 is 40.0 Å². The molecule has 1 aromatic rings. The van der Waals surface area contributed by atoms with Gasteiger partial charge >= 0.3 is 6.18 Å². The van der Waals surface area contributed by atoms with Gasteiger partial charge in [-0.1, -0.05) is 11.6 Å². The van der Waals surface area contributed by atoms with Crippen molar-refractivity contribution in [3.8, 4) is 0 Å². The van der Waals surface area contributed by atoms with Crippen LogP contribution in [-0.4, -0.2) is 79.3 Å². The largest absolute Gasteiger partial charge is 0.416 e. The van der Waals surface area contributed by atoms with Crippen molar-refractivity contribution in [3.05, 3.63) is 34.3 Å². The van der Waals surface area contributed by atoms with Crippen molar-refractivity contribution in [2.24, 2.45) is 0 Å². The van der Waals surface area contributed by atoms with Crippen LogP contribution in [0.4, 0.5) is 22.0 Å². The first-order valence-electron chi connectivity index (χ1n) is 11.3. The fourth-order valence-corrected chi connectivity index (χ4v) is 6.37. The molecule has 1 saturated heterocycles. The zero-order chi connectivity index (χ0) is 26.9. The summed E-state index contributed by atoms with van der Waals surface area (Å²) in [6.45, 7) is 1.65. The Morgan fingerprint density at radius 3 is 2.14 bits per heavy atom. The third-order valence-corrected chi connectivity index (χ3v) is 8.96. The molecule has 36 heavy (non-hydrogen) atoms. The molecule has 0 radical (unpaired) electrons. The Kier molecular flexibility index (Phi) is 8.38. The van der Waals surface area contributed by atoms with Crippen LogP contribution in [0, 0.1) is 0 Å². The van der Waals surface area contributed by atoms with E-state index in [0.29, 0.717) is 6.07 Å². The van der Waals surface area contributed by atoms with Crippen LogP contribution in [0.3, 0.4) is 0 Å². The van der Waals surface area contributed by atoms with E-state index in [0.717, 1.165) is 12.1 Å². The summed E-state index contributed by atoms with van der Waals surface area (Å²) in [7, 11) is -3.78. The number of benzene rings is 1. The quantitative estimate of drug-likeness (QED) is 0.516. The Morgan fingerprint density at radius 1 is 1.06 bits per heavy atom. The Hall–Kier alpha value is -1.83. The second kappa shape index (κ2) is 10.5. The van der Waals surface area contributed by atoms with Crippen molar-refractivity contribution in [1.82, 2.24) is 14.5 Å². The van der Waals surface area contributed by atoms with Crippen LogP contribution in [0.1, 0.15) is 48.5 Å². The number of hydrogen-bond acceptors (Lipinski definition) is 5. The van der Waals surface area contributed by atoms with Crippen molar-refractivity contribution in [2.45, 2.75) is 50.2 Å². The molecule has 1 amide bonds. The van der Waals surface area contributed by atoms with Crippen LogP contribution in [0.15, 0.2) is 18.2 Å². The number of Topliss-reactive ketones (excluding diaryl/α,β-unsaturated/α-hetero) is 1. The fraction of sp³-hybridized carbons (Fsp3) is 0.636. The van der Waals surface area contributed by atoms with Gasteiger partial charge in [-0.25, -0.2) is 17.2 Å². The summed E-state index contributed by atoms with van der Waals surface area (Å²) in [4.78, 5) is 25.9. The van der Waals surface area contributed by atoms with Gasteiger partial charge in [-0.15, -0.1) is 0 Å². The number of amides is 1. The molecule has 3 rings (SSSR count). The lowest BCUT2D eigenvalue weighted by Gasteiger charge is -2.50. The Labute approximate surface area is 211 Å². The number of alkyl halides is 5. The molecule has 0 aromatic heterocycles. The summed E-state index contributed by atoms with van der Waals surface area (Å²) in [6.07, 6.45) is -5.42. The van der Waals surface area contributed by atoms with Gasteiger partial charge in [-0.05, 0) is 38.0 Å². The van der Waals surface area contributed by atoms with Crippen LogP contribution < -0.4 is 5.32 Å². The molecule has 1 aliphatic heterocycles. The minimum absolute atomic E-state index is 0.0290. The molecule has 0 unspecified atom stereocenters. The standard InChI is InChI=1S/C22H27ClF5N3O4S/c1-15(32)13-36(34,35)31-10-8-30(9-11-31)20(4-6-21(24,25)7-5-20)14-29-19(33)17-3-2-16(12-18(17)23)22(26,27)28/h2-3,12H,4-11,13-14H2,1H3,(H,29,33). The van der Waals surface area contributed by atoms with Gasteiger partial charge in [0.1, 0.15) is 11.5 Å². The maximum absolute atomic E-state index is 14.0. The first-order chi connectivity index (χ1) is 16.5. The number of halogens is 6. The lowest BCUT2D eigenvalue weighted by atomic mass is 9.78. The summed E-state index contributed by atoms with van der Waals surface area (Å²) in [6, 6.07) is 2.34. The van der Waals surface area contributed by atoms with E-state index >= 15 is 0 Å². The minimum atomic E-state index is -4.63. The average molecular weight is 560 g/mol. The predicted octanol–water partition coefficient (Wildman–Crippen LogP) is 3.57. The van der Waals surface area contributed by atoms with Crippen LogP contribution in [-0.2, 0) is 21.0 Å². The third kappa shape index (κ3) is 6.73. The van der Waals surface area contributed by atoms with Gasteiger partial charge in [0, 0.05) is 51.1 Å². The highest BCUT2D eigenvalue weighted by Crippen LogP contribution is 2.42. The minimum Gasteiger partial charge on any atom is -0.350 e. The second-order valence-corrected chi connectivity index (χ2v) is 11.7. The maximum atomic E-state index is 14.0. The third-order valence-electron chi connectivity index (χ3n) is 6.72. The molecule has 0 atom stereocenters. The zero-order valence-corrected chi connectivity index (χ0v) is 21.1. The van der Waals surface area contributed by atoms with Crippen LogP contribution in [0.25, 0.3) is 0 Å². The summed E-state index contributed by atoms with van der Waals surface area (Å²) in [5.41, 5.74) is -2.08. The molecular weight excluding hydrogens is 533 g/mol. The first-order valence-corrected chi connectivity index (χ1v) is 13.3. The number of hydrogen-bond donors (Lipinski definition) is 1. The highest BCUT2D eigenvalue weighted by molar-refractivity contribution is 7.89. The highest BCUT2D eigenvalue weighted by Gasteiger charge is 2.48. The molecule has 1 aromatic carbocycles. The molecule has 7 nitrogen and oxygen atoms in total. The van der Waals surface area contributed by atoms with E-state index in [1.54, 1.807) is 0 Å². The Bertz CT molecular complexity index is 1100. The predicted molar refractivity (Wildman–Crippen MR) is 123 cm³/mol. The van der Waals surface area contributed by atoms with E-state index in [1.807, 2.05) is 4.90 Å². The number of rotatable bonds is 7. The monoisotopic (exact) mass is 559 g/mol. The van der Waals surface area contributed by atoms with Crippen LogP contribution in [0.5, 0.6) is 0 Å². The van der Waals surface area contributed by atoms with E-state index in [-0.39, 0.29) is 51.1 Å². The summed E-state index contributed by atoms with van der Waals surface area (Å²) in [5.74, 6) is -4.72. The second-order valence-electron chi connectivity index (χ2n) is 9.30. The number of nitrogens with zero attached hydrogens (tertiary/aromatic N) is 2. The van der Waals surface area contributed by atoms with Crippen molar-refractivity contribution in [3.63, 3.8) is 0 Å². The fourth-order valence-electron chi connectivity index (χ4n) is 4.69. The number of carbonyl (C=O) groups excluding carboxylic acids is 2. The topological polar surface area (TPSA) is 86.8 Å². The van der Waals surface area contributed by atoms with Gasteiger partial charge < -0.3 is 5.32 Å². The molecule has 202 valence electrons. The Balaban J connectivity index is 1.74. The van der Waals surface area contributed by atoms with Crippen LogP contribution in [0.2, 0.25) is 5.02 Å². The number of nitrogens with one attached hydrogen (secondary N) is 1. The average Bonchev–Trinajstić information content (AvgIpc) is 2.77. The van der Waals surface area contributed by atoms with E-state index in [4.69, 9.17) is 11.6 Å². The molecule has 1 heterocycles. The lowest BCUT2D eigenvalue weighted by Crippen LogP contribution is -2.63. The summed E-state index contributed by atoms with van der Waals surface area (Å²) in [5, 5.41) is 2.24. The molecule has 1 N–H and O–H groups in total. The molecule has 0 spiro atoms. The SMILES string of the molecule is CC(=O)CS(=O)(=O)N1CCN(C2(CNC(=O)c3ccc(C(F)(F)F)cc3Cl)CCC(F)(F)CC2)CC1. The lowest BCUT2D eigenvalue weighted by molar-refractivity contribution is -0.137. The van der Waals surface area contributed by atoms with Gasteiger partial charge in [-0.3, -0.25) is 14.5 Å². The normalized spacial score (nSPS) is 21.2. The number of ketones is 1. The van der Waals surface area contributed by atoms with Gasteiger partial charge in [0.25, 0.3) is 5.91 Å². The van der Waals surface area contributed by atoms with E-state index in [1.165, 1.54) is 11.2 Å². The van der Waals surface area contributed by atoms with Gasteiger partial charge in [0.05, 0.1) is 16.1 Å². The summed E-state index contributed by atoms with van der Waals surface area (Å²) >= 11 is 5.91. The van der Waals surface area contributed by atoms with E-state index in [9.17, 15) is 40.0 Å². The van der Waals surface area contributed by atoms with Gasteiger partial charge in [0.2, 0.25) is 15.9 Å². The number of carbonyl (C=O) groups is 2. The van der Waals surface area contributed by atoms with Crippen molar-refractivity contribution in [2.75, 3.05) is 38.5 Å². The first kappa shape index (κ1) is 28.7. The van der Waals surface area contributed by atoms with E-state index < -0.39 is 68.5 Å². The van der Waals surface area contributed by atoms with Gasteiger partial charge in [0.15, 0.2) is 0 Å². The molecule has 2 aliphatic rings. The molecule has 2 fully saturated rings. The number of sulfonamides is 1. The molecule has 1 aliphatic carbocycles.